The van der Waals surface area contributed by atoms with Crippen LogP contribution in [0.4, 0.5) is 0 Å². The lowest BCUT2D eigenvalue weighted by molar-refractivity contribution is 0.373. The summed E-state index contributed by atoms with van der Waals surface area (Å²) in [6.45, 7) is 3.32. The predicted octanol–water partition coefficient (Wildman–Crippen LogP) is 2.90. The van der Waals surface area contributed by atoms with Crippen LogP contribution in [0.2, 0.25) is 0 Å². The summed E-state index contributed by atoms with van der Waals surface area (Å²) in [5.41, 5.74) is 1.04. The second kappa shape index (κ2) is 7.43. The summed E-state index contributed by atoms with van der Waals surface area (Å²) >= 11 is 0. The minimum absolute atomic E-state index is 0.473. The maximum Gasteiger partial charge on any atom is 0.235 e. The lowest BCUT2D eigenvalue weighted by atomic mass is 9.94. The summed E-state index contributed by atoms with van der Waals surface area (Å²) in [5, 5.41) is 3.66. The van der Waals surface area contributed by atoms with Gasteiger partial charge in [-0.3, -0.25) is 4.98 Å². The fraction of sp³-hybridized carbons (Fsp3) is 0.733. The number of hydrogen-bond donors (Lipinski definition) is 1. The standard InChI is InChI=1S/C15H25N3O/c1-3-8-16-13-7-5-4-6-12(11-13)14-15(19-2)18-10-9-17-14/h9-10,12-13,16H,3-8,11H2,1-2H3. The van der Waals surface area contributed by atoms with Crippen molar-refractivity contribution in [2.75, 3.05) is 13.7 Å². The molecule has 1 aromatic heterocycles. The fourth-order valence-corrected chi connectivity index (χ4v) is 2.92. The maximum absolute atomic E-state index is 5.36. The predicted molar refractivity (Wildman–Crippen MR) is 76.5 cm³/mol. The van der Waals surface area contributed by atoms with Crippen LogP contribution in [0.15, 0.2) is 12.4 Å². The van der Waals surface area contributed by atoms with Gasteiger partial charge in [-0.05, 0) is 32.2 Å². The van der Waals surface area contributed by atoms with Crippen molar-refractivity contribution in [2.24, 2.45) is 0 Å². The number of hydrogen-bond acceptors (Lipinski definition) is 4. The third-order valence-corrected chi connectivity index (χ3v) is 3.88. The van der Waals surface area contributed by atoms with Crippen molar-refractivity contribution in [1.82, 2.24) is 15.3 Å². The highest BCUT2D eigenvalue weighted by molar-refractivity contribution is 5.22. The van der Waals surface area contributed by atoms with Crippen LogP contribution in [0, 0.1) is 0 Å². The molecular formula is C15H25N3O. The summed E-state index contributed by atoms with van der Waals surface area (Å²) in [6.07, 6.45) is 10.9. The van der Waals surface area contributed by atoms with Gasteiger partial charge in [0, 0.05) is 24.4 Å². The molecule has 0 aromatic carbocycles. The second-order valence-electron chi connectivity index (χ2n) is 5.32. The monoisotopic (exact) mass is 263 g/mol. The molecule has 4 heteroatoms. The lowest BCUT2D eigenvalue weighted by Gasteiger charge is -2.21. The summed E-state index contributed by atoms with van der Waals surface area (Å²) in [6, 6.07) is 0.610. The van der Waals surface area contributed by atoms with E-state index in [0.29, 0.717) is 17.8 Å². The molecule has 1 heterocycles. The first-order chi connectivity index (χ1) is 9.35. The molecule has 19 heavy (non-hydrogen) atoms. The smallest absolute Gasteiger partial charge is 0.235 e. The van der Waals surface area contributed by atoms with E-state index in [0.717, 1.165) is 18.7 Å². The number of ether oxygens (including phenoxy) is 1. The molecular weight excluding hydrogens is 238 g/mol. The van der Waals surface area contributed by atoms with Crippen molar-refractivity contribution in [2.45, 2.75) is 57.4 Å². The average Bonchev–Trinajstić information content (AvgIpc) is 2.70. The Bertz CT molecular complexity index is 383. The van der Waals surface area contributed by atoms with Gasteiger partial charge in [0.2, 0.25) is 5.88 Å². The number of nitrogens with zero attached hydrogens (tertiary/aromatic N) is 2. The molecule has 0 bridgehead atoms. The summed E-state index contributed by atoms with van der Waals surface area (Å²) in [5.74, 6) is 1.17. The first kappa shape index (κ1) is 14.3. The van der Waals surface area contributed by atoms with E-state index in [2.05, 4.69) is 22.2 Å². The van der Waals surface area contributed by atoms with Gasteiger partial charge in [0.25, 0.3) is 0 Å². The van der Waals surface area contributed by atoms with Crippen molar-refractivity contribution in [3.63, 3.8) is 0 Å². The Hall–Kier alpha value is -1.16. The van der Waals surface area contributed by atoms with E-state index in [9.17, 15) is 0 Å². The third-order valence-electron chi connectivity index (χ3n) is 3.88. The third kappa shape index (κ3) is 3.90. The summed E-state index contributed by atoms with van der Waals surface area (Å²) in [4.78, 5) is 8.80. The van der Waals surface area contributed by atoms with Gasteiger partial charge in [-0.1, -0.05) is 19.8 Å². The van der Waals surface area contributed by atoms with E-state index in [1.807, 2.05) is 0 Å². The molecule has 1 N–H and O–H groups in total. The molecule has 1 saturated carbocycles. The van der Waals surface area contributed by atoms with Crippen molar-refractivity contribution < 1.29 is 4.74 Å². The van der Waals surface area contributed by atoms with Gasteiger partial charge < -0.3 is 10.1 Å². The molecule has 1 aromatic rings. The molecule has 106 valence electrons. The van der Waals surface area contributed by atoms with E-state index >= 15 is 0 Å². The van der Waals surface area contributed by atoms with Gasteiger partial charge in [0.05, 0.1) is 7.11 Å². The highest BCUT2D eigenvalue weighted by Gasteiger charge is 2.24. The Morgan fingerprint density at radius 2 is 2.05 bits per heavy atom. The van der Waals surface area contributed by atoms with Gasteiger partial charge >= 0.3 is 0 Å². The molecule has 1 aliphatic rings. The number of aromatic nitrogens is 2. The van der Waals surface area contributed by atoms with Gasteiger partial charge in [-0.15, -0.1) is 0 Å². The van der Waals surface area contributed by atoms with E-state index in [1.165, 1.54) is 32.1 Å². The first-order valence-corrected chi connectivity index (χ1v) is 7.43. The Balaban J connectivity index is 2.08. The minimum Gasteiger partial charge on any atom is -0.480 e. The van der Waals surface area contributed by atoms with Crippen molar-refractivity contribution in [1.29, 1.82) is 0 Å². The van der Waals surface area contributed by atoms with Crippen LogP contribution in [0.5, 0.6) is 5.88 Å². The lowest BCUT2D eigenvalue weighted by Crippen LogP contribution is -2.30. The molecule has 0 amide bonds. The van der Waals surface area contributed by atoms with E-state index in [4.69, 9.17) is 4.74 Å². The molecule has 0 radical (unpaired) electrons. The average molecular weight is 263 g/mol. The molecule has 1 fully saturated rings. The quantitative estimate of drug-likeness (QED) is 0.830. The Kier molecular flexibility index (Phi) is 5.58. The van der Waals surface area contributed by atoms with Crippen LogP contribution in [-0.2, 0) is 0 Å². The van der Waals surface area contributed by atoms with Crippen LogP contribution >= 0.6 is 0 Å². The molecule has 2 unspecified atom stereocenters. The number of methoxy groups -OCH3 is 1. The van der Waals surface area contributed by atoms with Crippen LogP contribution in [0.1, 0.15) is 57.1 Å². The SMILES string of the molecule is CCCNC1CCCCC(c2nccnc2OC)C1. The Morgan fingerprint density at radius 3 is 2.84 bits per heavy atom. The van der Waals surface area contributed by atoms with Crippen molar-refractivity contribution in [3.05, 3.63) is 18.1 Å². The van der Waals surface area contributed by atoms with E-state index in [1.54, 1.807) is 19.5 Å². The zero-order valence-corrected chi connectivity index (χ0v) is 12.1. The maximum atomic E-state index is 5.36. The van der Waals surface area contributed by atoms with Crippen LogP contribution in [0.3, 0.4) is 0 Å². The molecule has 0 aliphatic heterocycles. The Labute approximate surface area is 116 Å². The number of nitrogens with one attached hydrogen (secondary N) is 1. The zero-order valence-electron chi connectivity index (χ0n) is 12.1. The second-order valence-corrected chi connectivity index (χ2v) is 5.32. The summed E-state index contributed by atoms with van der Waals surface area (Å²) in [7, 11) is 1.68. The molecule has 2 atom stereocenters. The zero-order chi connectivity index (χ0) is 13.5. The van der Waals surface area contributed by atoms with E-state index in [-0.39, 0.29) is 0 Å². The van der Waals surface area contributed by atoms with Crippen LogP contribution in [0.25, 0.3) is 0 Å². The van der Waals surface area contributed by atoms with Gasteiger partial charge in [-0.2, -0.15) is 0 Å². The summed E-state index contributed by atoms with van der Waals surface area (Å²) < 4.78 is 5.36. The molecule has 1 aliphatic carbocycles. The normalized spacial score (nSPS) is 23.9. The van der Waals surface area contributed by atoms with Gasteiger partial charge in [-0.25, -0.2) is 4.98 Å². The topological polar surface area (TPSA) is 47.0 Å². The Morgan fingerprint density at radius 1 is 1.26 bits per heavy atom. The minimum atomic E-state index is 0.473. The fourth-order valence-electron chi connectivity index (χ4n) is 2.92. The largest absolute Gasteiger partial charge is 0.480 e. The number of rotatable bonds is 5. The van der Waals surface area contributed by atoms with Gasteiger partial charge in [0.1, 0.15) is 5.69 Å². The highest BCUT2D eigenvalue weighted by atomic mass is 16.5. The van der Waals surface area contributed by atoms with Crippen LogP contribution in [-0.4, -0.2) is 29.7 Å². The first-order valence-electron chi connectivity index (χ1n) is 7.43. The molecule has 2 rings (SSSR count). The van der Waals surface area contributed by atoms with E-state index < -0.39 is 0 Å². The highest BCUT2D eigenvalue weighted by Crippen LogP contribution is 2.34. The van der Waals surface area contributed by atoms with Crippen LogP contribution < -0.4 is 10.1 Å². The molecule has 0 spiro atoms. The van der Waals surface area contributed by atoms with Crippen molar-refractivity contribution >= 4 is 0 Å². The van der Waals surface area contributed by atoms with Crippen molar-refractivity contribution in [3.8, 4) is 5.88 Å². The molecule has 0 saturated heterocycles. The molecule has 4 nitrogen and oxygen atoms in total. The van der Waals surface area contributed by atoms with Gasteiger partial charge in [0.15, 0.2) is 0 Å².